The van der Waals surface area contributed by atoms with Crippen LogP contribution in [-0.2, 0) is 13.1 Å². The number of rotatable bonds is 3. The summed E-state index contributed by atoms with van der Waals surface area (Å²) in [4.78, 5) is 23.6. The summed E-state index contributed by atoms with van der Waals surface area (Å²) >= 11 is 0. The van der Waals surface area contributed by atoms with Crippen molar-refractivity contribution in [3.8, 4) is 0 Å². The summed E-state index contributed by atoms with van der Waals surface area (Å²) in [5.74, 6) is 0. The van der Waals surface area contributed by atoms with E-state index in [1.807, 2.05) is 22.8 Å². The highest BCUT2D eigenvalue weighted by atomic mass is 16.1. The van der Waals surface area contributed by atoms with Crippen molar-refractivity contribution in [2.75, 3.05) is 5.73 Å². The fourth-order valence-corrected chi connectivity index (χ4v) is 2.40. The van der Waals surface area contributed by atoms with Crippen molar-refractivity contribution in [3.05, 3.63) is 75.4 Å². The number of anilines is 1. The molecule has 106 valence electrons. The van der Waals surface area contributed by atoms with Crippen molar-refractivity contribution < 1.29 is 0 Å². The van der Waals surface area contributed by atoms with Crippen LogP contribution in [0.15, 0.2) is 64.4 Å². The maximum Gasteiger partial charge on any atom is 0.250 e. The van der Waals surface area contributed by atoms with Crippen molar-refractivity contribution in [1.29, 1.82) is 0 Å². The summed E-state index contributed by atoms with van der Waals surface area (Å²) in [6, 6.07) is 12.0. The Hall–Kier alpha value is -2.82. The van der Waals surface area contributed by atoms with Gasteiger partial charge in [-0.1, -0.05) is 12.1 Å². The number of aromatic nitrogens is 2. The number of hydrogen-bond donors (Lipinski definition) is 1. The fourth-order valence-electron chi connectivity index (χ4n) is 2.40. The van der Waals surface area contributed by atoms with Gasteiger partial charge in [0.2, 0.25) is 0 Å². The van der Waals surface area contributed by atoms with E-state index in [2.05, 4.69) is 0 Å². The standard InChI is InChI=1S/C16H15N3O2/c17-12-5-6-16(21)19(11-12)10-9-18-8-7-15(20)13-3-1-2-4-14(13)18/h1-8,11H,9-10,17H2. The number of nitrogens with two attached hydrogens (primary N) is 1. The van der Waals surface area contributed by atoms with Crippen LogP contribution in [0.3, 0.4) is 0 Å². The van der Waals surface area contributed by atoms with Crippen LogP contribution in [0.5, 0.6) is 0 Å². The fraction of sp³-hybridized carbons (Fsp3) is 0.125. The number of pyridine rings is 2. The molecule has 3 aromatic rings. The Labute approximate surface area is 120 Å². The van der Waals surface area contributed by atoms with Crippen LogP contribution in [-0.4, -0.2) is 9.13 Å². The molecule has 21 heavy (non-hydrogen) atoms. The first-order valence-corrected chi connectivity index (χ1v) is 6.69. The minimum absolute atomic E-state index is 0.00275. The molecule has 2 N–H and O–H groups in total. The predicted molar refractivity (Wildman–Crippen MR) is 83.3 cm³/mol. The summed E-state index contributed by atoms with van der Waals surface area (Å²) < 4.78 is 3.54. The van der Waals surface area contributed by atoms with Crippen LogP contribution >= 0.6 is 0 Å². The highest BCUT2D eigenvalue weighted by molar-refractivity contribution is 5.78. The van der Waals surface area contributed by atoms with Crippen LogP contribution in [0.25, 0.3) is 10.9 Å². The monoisotopic (exact) mass is 281 g/mol. The maximum absolute atomic E-state index is 11.8. The highest BCUT2D eigenvalue weighted by Gasteiger charge is 2.03. The molecule has 0 saturated carbocycles. The molecule has 0 aliphatic rings. The lowest BCUT2D eigenvalue weighted by Crippen LogP contribution is -2.22. The van der Waals surface area contributed by atoms with Gasteiger partial charge in [0.15, 0.2) is 5.43 Å². The molecular formula is C16H15N3O2. The van der Waals surface area contributed by atoms with Gasteiger partial charge in [-0.2, -0.15) is 0 Å². The first kappa shape index (κ1) is 13.2. The van der Waals surface area contributed by atoms with Crippen molar-refractivity contribution >= 4 is 16.6 Å². The first-order chi connectivity index (χ1) is 10.1. The van der Waals surface area contributed by atoms with Gasteiger partial charge in [-0.25, -0.2) is 0 Å². The molecule has 0 saturated heterocycles. The molecule has 3 rings (SSSR count). The molecule has 0 spiro atoms. The van der Waals surface area contributed by atoms with E-state index in [0.29, 0.717) is 24.2 Å². The van der Waals surface area contributed by atoms with E-state index < -0.39 is 0 Å². The van der Waals surface area contributed by atoms with E-state index in [-0.39, 0.29) is 11.0 Å². The smallest absolute Gasteiger partial charge is 0.250 e. The molecule has 2 heterocycles. The third-order valence-electron chi connectivity index (χ3n) is 3.47. The number of nitrogens with zero attached hydrogens (tertiary/aromatic N) is 2. The summed E-state index contributed by atoms with van der Waals surface area (Å²) in [5.41, 5.74) is 7.03. The Morgan fingerprint density at radius 2 is 1.67 bits per heavy atom. The Balaban J connectivity index is 1.96. The van der Waals surface area contributed by atoms with Crippen molar-refractivity contribution in [3.63, 3.8) is 0 Å². The third-order valence-corrected chi connectivity index (χ3v) is 3.47. The van der Waals surface area contributed by atoms with Crippen molar-refractivity contribution in [2.45, 2.75) is 13.1 Å². The average Bonchev–Trinajstić information content (AvgIpc) is 2.50. The normalized spacial score (nSPS) is 10.9. The summed E-state index contributed by atoms with van der Waals surface area (Å²) in [6.45, 7) is 1.08. The lowest BCUT2D eigenvalue weighted by atomic mass is 10.2. The van der Waals surface area contributed by atoms with Crippen molar-refractivity contribution in [1.82, 2.24) is 9.13 Å². The maximum atomic E-state index is 11.8. The third kappa shape index (κ3) is 2.58. The minimum Gasteiger partial charge on any atom is -0.398 e. The topological polar surface area (TPSA) is 70.0 Å². The van der Waals surface area contributed by atoms with Gasteiger partial charge in [-0.05, 0) is 18.2 Å². The van der Waals surface area contributed by atoms with Gasteiger partial charge in [0.25, 0.3) is 5.56 Å². The zero-order chi connectivity index (χ0) is 14.8. The predicted octanol–water partition coefficient (Wildman–Crippen LogP) is 1.45. The second-order valence-corrected chi connectivity index (χ2v) is 4.88. The molecule has 0 radical (unpaired) electrons. The Bertz CT molecular complexity index is 909. The van der Waals surface area contributed by atoms with Crippen LogP contribution < -0.4 is 16.7 Å². The Morgan fingerprint density at radius 3 is 2.52 bits per heavy atom. The van der Waals surface area contributed by atoms with Crippen LogP contribution in [0.2, 0.25) is 0 Å². The Morgan fingerprint density at radius 1 is 0.905 bits per heavy atom. The number of nitrogen functional groups attached to an aromatic ring is 1. The first-order valence-electron chi connectivity index (χ1n) is 6.69. The lowest BCUT2D eigenvalue weighted by Gasteiger charge is -2.12. The van der Waals surface area contributed by atoms with Gasteiger partial charge in [0.1, 0.15) is 0 Å². The molecule has 1 aromatic carbocycles. The molecule has 2 aromatic heterocycles. The number of fused-ring (bicyclic) bond motifs is 1. The molecule has 0 fully saturated rings. The number of aryl methyl sites for hydroxylation is 2. The van der Waals surface area contributed by atoms with E-state index in [0.717, 1.165) is 5.52 Å². The molecule has 0 bridgehead atoms. The largest absolute Gasteiger partial charge is 0.398 e. The van der Waals surface area contributed by atoms with Gasteiger partial charge in [-0.3, -0.25) is 9.59 Å². The van der Waals surface area contributed by atoms with Crippen molar-refractivity contribution in [2.24, 2.45) is 0 Å². The quantitative estimate of drug-likeness (QED) is 0.790. The number of para-hydroxylation sites is 1. The molecule has 0 atom stereocenters. The van der Waals surface area contributed by atoms with Gasteiger partial charge >= 0.3 is 0 Å². The van der Waals surface area contributed by atoms with Gasteiger partial charge in [0.05, 0.1) is 5.52 Å². The van der Waals surface area contributed by atoms with E-state index in [1.165, 1.54) is 6.07 Å². The second-order valence-electron chi connectivity index (χ2n) is 4.88. The van der Waals surface area contributed by atoms with Crippen LogP contribution in [0.4, 0.5) is 5.69 Å². The van der Waals surface area contributed by atoms with E-state index >= 15 is 0 Å². The van der Waals surface area contributed by atoms with E-state index in [9.17, 15) is 9.59 Å². The Kier molecular flexibility index (Phi) is 3.31. The van der Waals surface area contributed by atoms with Crippen LogP contribution in [0.1, 0.15) is 0 Å². The zero-order valence-electron chi connectivity index (χ0n) is 11.4. The molecule has 0 amide bonds. The van der Waals surface area contributed by atoms with E-state index in [4.69, 9.17) is 5.73 Å². The van der Waals surface area contributed by atoms with E-state index in [1.54, 1.807) is 35.2 Å². The number of hydrogen-bond acceptors (Lipinski definition) is 3. The minimum atomic E-state index is -0.0884. The number of benzene rings is 1. The van der Waals surface area contributed by atoms with Crippen LogP contribution in [0, 0.1) is 0 Å². The summed E-state index contributed by atoms with van der Waals surface area (Å²) in [6.07, 6.45) is 3.38. The molecule has 0 aliphatic carbocycles. The average molecular weight is 281 g/mol. The second kappa shape index (κ2) is 5.28. The SMILES string of the molecule is Nc1ccc(=O)n(CCn2ccc(=O)c3ccccc32)c1. The van der Waals surface area contributed by atoms with Gasteiger partial charge < -0.3 is 14.9 Å². The lowest BCUT2D eigenvalue weighted by molar-refractivity contribution is 0.575. The molecule has 5 heteroatoms. The zero-order valence-corrected chi connectivity index (χ0v) is 11.4. The molecule has 0 unspecified atom stereocenters. The van der Waals surface area contributed by atoms with Gasteiger partial charge in [-0.15, -0.1) is 0 Å². The summed E-state index contributed by atoms with van der Waals surface area (Å²) in [7, 11) is 0. The molecule has 5 nitrogen and oxygen atoms in total. The highest BCUT2D eigenvalue weighted by Crippen LogP contribution is 2.09. The van der Waals surface area contributed by atoms with Gasteiger partial charge in [0, 0.05) is 48.7 Å². The molecular weight excluding hydrogens is 266 g/mol. The summed E-state index contributed by atoms with van der Waals surface area (Å²) in [5, 5.41) is 0.680. The molecule has 0 aliphatic heterocycles.